The summed E-state index contributed by atoms with van der Waals surface area (Å²) in [5.41, 5.74) is 1.34. The van der Waals surface area contributed by atoms with E-state index in [-0.39, 0.29) is 0 Å². The van der Waals surface area contributed by atoms with Crippen molar-refractivity contribution < 1.29 is 5.11 Å². The fourth-order valence-corrected chi connectivity index (χ4v) is 2.32. The normalized spacial score (nSPS) is 11.1. The summed E-state index contributed by atoms with van der Waals surface area (Å²) in [6.07, 6.45) is 4.50. The molecule has 0 spiro atoms. The molecule has 0 heterocycles. The summed E-state index contributed by atoms with van der Waals surface area (Å²) in [6.45, 7) is 2.45. The van der Waals surface area contributed by atoms with Crippen LogP contribution in [-0.2, 0) is 6.54 Å². The van der Waals surface area contributed by atoms with Crippen LogP contribution in [0.4, 0.5) is 0 Å². The monoisotopic (exact) mass is 299 g/mol. The maximum Gasteiger partial charge on any atom is 0.0431 e. The lowest BCUT2D eigenvalue weighted by molar-refractivity contribution is 0.277. The highest BCUT2D eigenvalue weighted by atomic mass is 79.9. The van der Waals surface area contributed by atoms with Gasteiger partial charge in [-0.05, 0) is 44.1 Å². The van der Waals surface area contributed by atoms with Crippen molar-refractivity contribution in [2.75, 3.05) is 20.2 Å². The number of unbranched alkanes of at least 4 members (excludes halogenated alkanes) is 3. The van der Waals surface area contributed by atoms with Gasteiger partial charge in [0.1, 0.15) is 0 Å². The Labute approximate surface area is 113 Å². The molecular formula is C14H22BrNO. The number of hydrogen-bond donors (Lipinski definition) is 1. The van der Waals surface area contributed by atoms with Gasteiger partial charge in [-0.25, -0.2) is 0 Å². The molecule has 0 fully saturated rings. The fourth-order valence-electron chi connectivity index (χ4n) is 1.87. The average Bonchev–Trinajstić information content (AvgIpc) is 2.29. The molecule has 0 aliphatic heterocycles. The second kappa shape index (κ2) is 8.67. The molecule has 3 heteroatoms. The lowest BCUT2D eigenvalue weighted by atomic mass is 10.2. The molecule has 0 atom stereocenters. The van der Waals surface area contributed by atoms with E-state index in [1.807, 2.05) is 0 Å². The van der Waals surface area contributed by atoms with Crippen molar-refractivity contribution in [1.29, 1.82) is 0 Å². The van der Waals surface area contributed by atoms with Gasteiger partial charge in [0.25, 0.3) is 0 Å². The van der Waals surface area contributed by atoms with Crippen LogP contribution >= 0.6 is 15.9 Å². The predicted molar refractivity (Wildman–Crippen MR) is 76.0 cm³/mol. The smallest absolute Gasteiger partial charge is 0.0431 e. The first-order chi connectivity index (χ1) is 8.22. The van der Waals surface area contributed by atoms with Crippen LogP contribution in [0.3, 0.4) is 0 Å². The molecule has 96 valence electrons. The Morgan fingerprint density at radius 2 is 1.94 bits per heavy atom. The molecule has 0 unspecified atom stereocenters. The van der Waals surface area contributed by atoms with Gasteiger partial charge in [-0.3, -0.25) is 0 Å². The number of hydrogen-bond acceptors (Lipinski definition) is 2. The summed E-state index contributed by atoms with van der Waals surface area (Å²) in [4.78, 5) is 2.35. The van der Waals surface area contributed by atoms with E-state index in [1.165, 1.54) is 18.4 Å². The third-order valence-electron chi connectivity index (χ3n) is 2.79. The lowest BCUT2D eigenvalue weighted by Gasteiger charge is -2.16. The molecule has 1 N–H and O–H groups in total. The topological polar surface area (TPSA) is 23.5 Å². The van der Waals surface area contributed by atoms with Gasteiger partial charge in [0.05, 0.1) is 0 Å². The van der Waals surface area contributed by atoms with Crippen LogP contribution in [0.2, 0.25) is 0 Å². The Balaban J connectivity index is 2.18. The van der Waals surface area contributed by atoms with Gasteiger partial charge in [0, 0.05) is 17.6 Å². The van der Waals surface area contributed by atoms with E-state index < -0.39 is 0 Å². The van der Waals surface area contributed by atoms with Crippen molar-refractivity contribution in [1.82, 2.24) is 4.90 Å². The number of benzene rings is 1. The summed E-state index contributed by atoms with van der Waals surface area (Å²) in [5.74, 6) is 0. The van der Waals surface area contributed by atoms with E-state index in [0.29, 0.717) is 6.61 Å². The van der Waals surface area contributed by atoms with E-state index in [1.54, 1.807) is 0 Å². The van der Waals surface area contributed by atoms with Gasteiger partial charge < -0.3 is 10.0 Å². The van der Waals surface area contributed by atoms with Crippen molar-refractivity contribution in [2.45, 2.75) is 32.2 Å². The van der Waals surface area contributed by atoms with Crippen molar-refractivity contribution in [3.63, 3.8) is 0 Å². The molecule has 0 aliphatic carbocycles. The van der Waals surface area contributed by atoms with Crippen LogP contribution < -0.4 is 0 Å². The first-order valence-corrected chi connectivity index (χ1v) is 7.05. The van der Waals surface area contributed by atoms with E-state index >= 15 is 0 Å². The number of aliphatic hydroxyl groups excluding tert-OH is 1. The Kier molecular flexibility index (Phi) is 7.49. The van der Waals surface area contributed by atoms with Crippen LogP contribution in [0.5, 0.6) is 0 Å². The van der Waals surface area contributed by atoms with Gasteiger partial charge >= 0.3 is 0 Å². The molecule has 0 aliphatic rings. The minimum Gasteiger partial charge on any atom is -0.396 e. The van der Waals surface area contributed by atoms with E-state index in [2.05, 4.69) is 52.1 Å². The summed E-state index contributed by atoms with van der Waals surface area (Å²) >= 11 is 3.49. The molecule has 1 aromatic carbocycles. The zero-order valence-electron chi connectivity index (χ0n) is 10.5. The summed E-state index contributed by atoms with van der Waals surface area (Å²) in [5, 5.41) is 8.68. The zero-order chi connectivity index (χ0) is 12.5. The van der Waals surface area contributed by atoms with Gasteiger partial charge in [0.15, 0.2) is 0 Å². The third-order valence-corrected chi connectivity index (χ3v) is 3.28. The number of aliphatic hydroxyl groups is 1. The van der Waals surface area contributed by atoms with E-state index in [0.717, 1.165) is 30.4 Å². The standard InChI is InChI=1S/C14H22BrNO/c1-16(9-4-2-3-5-10-17)12-13-7-6-8-14(15)11-13/h6-8,11,17H,2-5,9-10,12H2,1H3. The Morgan fingerprint density at radius 3 is 2.65 bits per heavy atom. The number of nitrogens with zero attached hydrogens (tertiary/aromatic N) is 1. The average molecular weight is 300 g/mol. The highest BCUT2D eigenvalue weighted by Gasteiger charge is 2.00. The first kappa shape index (κ1) is 14.7. The fraction of sp³-hybridized carbons (Fsp3) is 0.571. The Morgan fingerprint density at radius 1 is 1.18 bits per heavy atom. The molecule has 0 saturated heterocycles. The maximum absolute atomic E-state index is 8.68. The quantitative estimate of drug-likeness (QED) is 0.744. The number of rotatable bonds is 8. The molecule has 17 heavy (non-hydrogen) atoms. The summed E-state index contributed by atoms with van der Waals surface area (Å²) in [6, 6.07) is 8.46. The largest absolute Gasteiger partial charge is 0.396 e. The van der Waals surface area contributed by atoms with Crippen LogP contribution in [0, 0.1) is 0 Å². The lowest BCUT2D eigenvalue weighted by Crippen LogP contribution is -2.19. The summed E-state index contributed by atoms with van der Waals surface area (Å²) in [7, 11) is 2.16. The predicted octanol–water partition coefficient (Wildman–Crippen LogP) is 3.43. The number of halogens is 1. The van der Waals surface area contributed by atoms with Gasteiger partial charge in [-0.15, -0.1) is 0 Å². The van der Waals surface area contributed by atoms with Crippen LogP contribution in [0.15, 0.2) is 28.7 Å². The summed E-state index contributed by atoms with van der Waals surface area (Å²) < 4.78 is 1.14. The molecule has 1 aromatic rings. The van der Waals surface area contributed by atoms with Gasteiger partial charge in [0.2, 0.25) is 0 Å². The zero-order valence-corrected chi connectivity index (χ0v) is 12.1. The Bertz CT molecular complexity index is 317. The molecule has 1 rings (SSSR count). The van der Waals surface area contributed by atoms with Crippen molar-refractivity contribution in [3.05, 3.63) is 34.3 Å². The van der Waals surface area contributed by atoms with E-state index in [4.69, 9.17) is 5.11 Å². The van der Waals surface area contributed by atoms with Crippen molar-refractivity contribution >= 4 is 15.9 Å². The Hall–Kier alpha value is -0.380. The van der Waals surface area contributed by atoms with E-state index in [9.17, 15) is 0 Å². The maximum atomic E-state index is 8.68. The van der Waals surface area contributed by atoms with Crippen LogP contribution in [0.1, 0.15) is 31.2 Å². The molecule has 2 nitrogen and oxygen atoms in total. The molecule has 0 bridgehead atoms. The highest BCUT2D eigenvalue weighted by molar-refractivity contribution is 9.10. The second-order valence-corrected chi connectivity index (χ2v) is 5.42. The van der Waals surface area contributed by atoms with Gasteiger partial charge in [-0.1, -0.05) is 40.9 Å². The molecule has 0 saturated carbocycles. The third kappa shape index (κ3) is 6.81. The minimum absolute atomic E-state index is 0.327. The van der Waals surface area contributed by atoms with Crippen molar-refractivity contribution in [3.8, 4) is 0 Å². The van der Waals surface area contributed by atoms with Crippen molar-refractivity contribution in [2.24, 2.45) is 0 Å². The SMILES string of the molecule is CN(CCCCCCO)Cc1cccc(Br)c1. The molecule has 0 radical (unpaired) electrons. The first-order valence-electron chi connectivity index (χ1n) is 6.26. The molecular weight excluding hydrogens is 278 g/mol. The van der Waals surface area contributed by atoms with Crippen LogP contribution in [-0.4, -0.2) is 30.2 Å². The molecule has 0 aromatic heterocycles. The highest BCUT2D eigenvalue weighted by Crippen LogP contribution is 2.13. The van der Waals surface area contributed by atoms with Crippen LogP contribution in [0.25, 0.3) is 0 Å². The molecule has 0 amide bonds. The van der Waals surface area contributed by atoms with Gasteiger partial charge in [-0.2, -0.15) is 0 Å². The second-order valence-electron chi connectivity index (χ2n) is 4.51. The minimum atomic E-state index is 0.327.